The van der Waals surface area contributed by atoms with E-state index in [1.54, 1.807) is 12.4 Å². The van der Waals surface area contributed by atoms with Crippen LogP contribution in [0.3, 0.4) is 0 Å². The van der Waals surface area contributed by atoms with Gasteiger partial charge in [-0.25, -0.2) is 4.98 Å². The van der Waals surface area contributed by atoms with Crippen molar-refractivity contribution < 1.29 is 0 Å². The number of imidazole rings is 1. The molecule has 0 aliphatic heterocycles. The Balaban J connectivity index is 2.46. The van der Waals surface area contributed by atoms with Gasteiger partial charge in [0.05, 0.1) is 6.33 Å². The highest BCUT2D eigenvalue weighted by Gasteiger charge is 2.09. The number of rotatable bonds is 3. The number of benzene rings is 1. The highest BCUT2D eigenvalue weighted by atomic mass is 79.9. The fraction of sp³-hybridized carbons (Fsp3) is 0.154. The number of hydrogen-bond acceptors (Lipinski definition) is 2. The fourth-order valence-electron chi connectivity index (χ4n) is 1.69. The third-order valence-corrected chi connectivity index (χ3v) is 3.53. The summed E-state index contributed by atoms with van der Waals surface area (Å²) in [5.74, 6) is 0.673. The van der Waals surface area contributed by atoms with E-state index in [1.807, 2.05) is 23.6 Å². The predicted molar refractivity (Wildman–Crippen MR) is 74.7 cm³/mol. The topological polar surface area (TPSA) is 43.8 Å². The molecule has 0 fully saturated rings. The van der Waals surface area contributed by atoms with Gasteiger partial charge >= 0.3 is 0 Å². The standard InChI is InChI=1S/C13H14BrN3/c1-3-6-17-8-16-12(13(17)15)10-4-5-11(14)9(2)7-10/h3-5,7-8H,1,6,15H2,2H3. The van der Waals surface area contributed by atoms with Crippen molar-refractivity contribution >= 4 is 21.7 Å². The Bertz CT molecular complexity index is 558. The molecular weight excluding hydrogens is 278 g/mol. The molecule has 0 aliphatic rings. The second-order valence-electron chi connectivity index (χ2n) is 3.88. The van der Waals surface area contributed by atoms with E-state index in [1.165, 1.54) is 5.56 Å². The third kappa shape index (κ3) is 2.26. The summed E-state index contributed by atoms with van der Waals surface area (Å²) in [5, 5.41) is 0. The highest BCUT2D eigenvalue weighted by molar-refractivity contribution is 9.10. The van der Waals surface area contributed by atoms with Gasteiger partial charge in [-0.2, -0.15) is 0 Å². The minimum absolute atomic E-state index is 0.673. The van der Waals surface area contributed by atoms with Gasteiger partial charge in [-0.15, -0.1) is 6.58 Å². The number of hydrogen-bond donors (Lipinski definition) is 1. The molecule has 0 spiro atoms. The number of allylic oxidation sites excluding steroid dienone is 1. The number of halogens is 1. The summed E-state index contributed by atoms with van der Waals surface area (Å²) in [4.78, 5) is 4.35. The van der Waals surface area contributed by atoms with Gasteiger partial charge in [-0.1, -0.05) is 28.1 Å². The van der Waals surface area contributed by atoms with Crippen LogP contribution >= 0.6 is 15.9 Å². The quantitative estimate of drug-likeness (QED) is 0.881. The van der Waals surface area contributed by atoms with Crippen LogP contribution in [0.15, 0.2) is 41.7 Å². The van der Waals surface area contributed by atoms with Gasteiger partial charge in [0.15, 0.2) is 0 Å². The molecule has 0 saturated heterocycles. The molecule has 0 unspecified atom stereocenters. The summed E-state index contributed by atoms with van der Waals surface area (Å²) in [6.45, 7) is 6.42. The molecule has 2 N–H and O–H groups in total. The summed E-state index contributed by atoms with van der Waals surface area (Å²) in [7, 11) is 0. The van der Waals surface area contributed by atoms with Crippen LogP contribution in [0.5, 0.6) is 0 Å². The van der Waals surface area contributed by atoms with E-state index >= 15 is 0 Å². The minimum atomic E-state index is 0.673. The molecule has 0 atom stereocenters. The molecule has 1 heterocycles. The van der Waals surface area contributed by atoms with Crippen molar-refractivity contribution in [2.45, 2.75) is 13.5 Å². The third-order valence-electron chi connectivity index (χ3n) is 2.64. The van der Waals surface area contributed by atoms with E-state index in [-0.39, 0.29) is 0 Å². The molecule has 2 rings (SSSR count). The lowest BCUT2D eigenvalue weighted by Crippen LogP contribution is -2.00. The van der Waals surface area contributed by atoms with Crippen LogP contribution in [0, 0.1) is 6.92 Å². The molecular formula is C13H14BrN3. The zero-order valence-corrected chi connectivity index (χ0v) is 11.2. The van der Waals surface area contributed by atoms with Crippen LogP contribution in [-0.4, -0.2) is 9.55 Å². The van der Waals surface area contributed by atoms with Crippen LogP contribution < -0.4 is 5.73 Å². The molecule has 0 amide bonds. The number of nitrogens with zero attached hydrogens (tertiary/aromatic N) is 2. The lowest BCUT2D eigenvalue weighted by Gasteiger charge is -2.04. The normalized spacial score (nSPS) is 10.5. The second-order valence-corrected chi connectivity index (χ2v) is 4.74. The first kappa shape index (κ1) is 11.9. The first-order valence-corrected chi connectivity index (χ1v) is 6.11. The van der Waals surface area contributed by atoms with Gasteiger partial charge in [0.2, 0.25) is 0 Å². The molecule has 1 aromatic carbocycles. The van der Waals surface area contributed by atoms with E-state index in [4.69, 9.17) is 5.73 Å². The van der Waals surface area contributed by atoms with Gasteiger partial charge in [0.25, 0.3) is 0 Å². The van der Waals surface area contributed by atoms with E-state index in [2.05, 4.69) is 33.6 Å². The molecule has 4 heteroatoms. The average molecular weight is 292 g/mol. The van der Waals surface area contributed by atoms with Crippen molar-refractivity contribution in [1.29, 1.82) is 0 Å². The van der Waals surface area contributed by atoms with E-state index in [0.29, 0.717) is 12.4 Å². The van der Waals surface area contributed by atoms with Crippen molar-refractivity contribution in [3.63, 3.8) is 0 Å². The summed E-state index contributed by atoms with van der Waals surface area (Å²) >= 11 is 3.48. The van der Waals surface area contributed by atoms with Gasteiger partial charge in [0, 0.05) is 16.6 Å². The second kappa shape index (κ2) is 4.75. The first-order chi connectivity index (χ1) is 8.13. The van der Waals surface area contributed by atoms with Gasteiger partial charge in [-0.3, -0.25) is 0 Å². The van der Waals surface area contributed by atoms with Crippen molar-refractivity contribution in [3.05, 3.63) is 47.2 Å². The molecule has 0 aliphatic carbocycles. The maximum atomic E-state index is 6.05. The Morgan fingerprint density at radius 2 is 2.29 bits per heavy atom. The van der Waals surface area contributed by atoms with Crippen LogP contribution in [0.25, 0.3) is 11.3 Å². The average Bonchev–Trinajstić information content (AvgIpc) is 2.66. The summed E-state index contributed by atoms with van der Waals surface area (Å²) in [5.41, 5.74) is 9.07. The number of aromatic nitrogens is 2. The van der Waals surface area contributed by atoms with E-state index < -0.39 is 0 Å². The molecule has 3 nitrogen and oxygen atoms in total. The minimum Gasteiger partial charge on any atom is -0.383 e. The van der Waals surface area contributed by atoms with E-state index in [0.717, 1.165) is 15.7 Å². The molecule has 88 valence electrons. The molecule has 2 aromatic rings. The number of anilines is 1. The van der Waals surface area contributed by atoms with Gasteiger partial charge < -0.3 is 10.3 Å². The fourth-order valence-corrected chi connectivity index (χ4v) is 1.94. The lowest BCUT2D eigenvalue weighted by atomic mass is 10.1. The summed E-state index contributed by atoms with van der Waals surface area (Å²) in [6, 6.07) is 6.09. The number of nitrogen functional groups attached to an aromatic ring is 1. The zero-order valence-electron chi connectivity index (χ0n) is 9.65. The summed E-state index contributed by atoms with van der Waals surface area (Å²) in [6.07, 6.45) is 3.54. The molecule has 17 heavy (non-hydrogen) atoms. The van der Waals surface area contributed by atoms with Crippen LogP contribution in [0.1, 0.15) is 5.56 Å². The maximum absolute atomic E-state index is 6.05. The Labute approximate surface area is 109 Å². The Hall–Kier alpha value is -1.55. The lowest BCUT2D eigenvalue weighted by molar-refractivity contribution is 0.833. The Morgan fingerprint density at radius 3 is 2.94 bits per heavy atom. The SMILES string of the molecule is C=CCn1cnc(-c2ccc(Br)c(C)c2)c1N. The van der Waals surface area contributed by atoms with Crippen molar-refractivity contribution in [3.8, 4) is 11.3 Å². The number of aryl methyl sites for hydroxylation is 1. The highest BCUT2D eigenvalue weighted by Crippen LogP contribution is 2.27. The predicted octanol–water partition coefficient (Wildman–Crippen LogP) is 3.39. The monoisotopic (exact) mass is 291 g/mol. The molecule has 0 saturated carbocycles. The molecule has 0 radical (unpaired) electrons. The molecule has 0 bridgehead atoms. The van der Waals surface area contributed by atoms with Crippen LogP contribution in [-0.2, 0) is 6.54 Å². The van der Waals surface area contributed by atoms with Gasteiger partial charge in [0.1, 0.15) is 11.5 Å². The van der Waals surface area contributed by atoms with Gasteiger partial charge in [-0.05, 0) is 24.6 Å². The largest absolute Gasteiger partial charge is 0.383 e. The Morgan fingerprint density at radius 1 is 1.53 bits per heavy atom. The number of nitrogens with two attached hydrogens (primary N) is 1. The van der Waals surface area contributed by atoms with Crippen molar-refractivity contribution in [2.24, 2.45) is 0 Å². The van der Waals surface area contributed by atoms with Crippen molar-refractivity contribution in [1.82, 2.24) is 9.55 Å². The van der Waals surface area contributed by atoms with Crippen LogP contribution in [0.4, 0.5) is 5.82 Å². The molecule has 1 aromatic heterocycles. The Kier molecular flexibility index (Phi) is 3.33. The van der Waals surface area contributed by atoms with Crippen molar-refractivity contribution in [2.75, 3.05) is 5.73 Å². The maximum Gasteiger partial charge on any atom is 0.131 e. The zero-order chi connectivity index (χ0) is 12.4. The smallest absolute Gasteiger partial charge is 0.131 e. The van der Waals surface area contributed by atoms with E-state index in [9.17, 15) is 0 Å². The first-order valence-electron chi connectivity index (χ1n) is 5.31. The summed E-state index contributed by atoms with van der Waals surface area (Å²) < 4.78 is 2.96. The van der Waals surface area contributed by atoms with Crippen LogP contribution in [0.2, 0.25) is 0 Å².